The lowest BCUT2D eigenvalue weighted by molar-refractivity contribution is 0.102. The average Bonchev–Trinajstić information content (AvgIpc) is 3.25. The summed E-state index contributed by atoms with van der Waals surface area (Å²) >= 11 is 1.37. The first kappa shape index (κ1) is 17.6. The van der Waals surface area contributed by atoms with Crippen LogP contribution >= 0.6 is 11.3 Å². The number of anilines is 1. The molecule has 0 radical (unpaired) electrons. The molecule has 1 aromatic carbocycles. The van der Waals surface area contributed by atoms with E-state index in [1.165, 1.54) is 23.5 Å². The van der Waals surface area contributed by atoms with Crippen LogP contribution < -0.4 is 10.0 Å². The molecule has 25 heavy (non-hydrogen) atoms. The highest BCUT2D eigenvalue weighted by molar-refractivity contribution is 7.90. The number of amides is 1. The fourth-order valence-corrected chi connectivity index (χ4v) is 4.60. The number of hydrogen-bond acceptors (Lipinski definition) is 5. The Morgan fingerprint density at radius 3 is 2.88 bits per heavy atom. The summed E-state index contributed by atoms with van der Waals surface area (Å²) in [6.45, 7) is 2.64. The largest absolute Gasteiger partial charge is 0.321 e. The third kappa shape index (κ3) is 4.08. The predicted octanol–water partition coefficient (Wildman–Crippen LogP) is 3.03. The van der Waals surface area contributed by atoms with Crippen LogP contribution in [-0.4, -0.2) is 26.7 Å². The fraction of sp³-hybridized carbons (Fsp3) is 0.294. The molecule has 8 heteroatoms. The first-order valence-corrected chi connectivity index (χ1v) is 10.4. The molecule has 0 saturated carbocycles. The molecule has 2 N–H and O–H groups in total. The predicted molar refractivity (Wildman–Crippen MR) is 99.9 cm³/mol. The molecule has 2 aromatic rings. The van der Waals surface area contributed by atoms with E-state index in [2.05, 4.69) is 15.0 Å². The summed E-state index contributed by atoms with van der Waals surface area (Å²) in [7, 11) is -3.70. The average molecular weight is 377 g/mol. The Bertz CT molecular complexity index is 917. The lowest BCUT2D eigenvalue weighted by Crippen LogP contribution is -2.29. The lowest BCUT2D eigenvalue weighted by atomic mass is 10.2. The van der Waals surface area contributed by atoms with Gasteiger partial charge >= 0.3 is 0 Å². The van der Waals surface area contributed by atoms with E-state index in [0.717, 1.165) is 18.4 Å². The van der Waals surface area contributed by atoms with Gasteiger partial charge in [0.1, 0.15) is 5.84 Å². The highest BCUT2D eigenvalue weighted by Gasteiger charge is 2.19. The molecule has 1 aliphatic heterocycles. The Balaban J connectivity index is 1.78. The van der Waals surface area contributed by atoms with Gasteiger partial charge in [-0.25, -0.2) is 8.42 Å². The molecule has 0 spiro atoms. The van der Waals surface area contributed by atoms with Gasteiger partial charge in [0.25, 0.3) is 15.9 Å². The number of nitrogens with zero attached hydrogens (tertiary/aromatic N) is 1. The number of carbonyl (C=O) groups is 1. The van der Waals surface area contributed by atoms with Crippen molar-refractivity contribution in [1.29, 1.82) is 0 Å². The van der Waals surface area contributed by atoms with E-state index >= 15 is 0 Å². The second-order valence-electron chi connectivity index (χ2n) is 5.65. The van der Waals surface area contributed by atoms with Crippen LogP contribution in [0.25, 0.3) is 0 Å². The van der Waals surface area contributed by atoms with Crippen LogP contribution in [0.1, 0.15) is 35.0 Å². The van der Waals surface area contributed by atoms with Crippen molar-refractivity contribution in [3.05, 3.63) is 46.2 Å². The molecule has 3 rings (SSSR count). The molecular formula is C17H19N3O3S2. The molecule has 1 amide bonds. The maximum absolute atomic E-state index is 12.5. The van der Waals surface area contributed by atoms with Crippen molar-refractivity contribution in [3.63, 3.8) is 0 Å². The number of aliphatic imine (C=N–C) groups is 1. The first-order valence-electron chi connectivity index (χ1n) is 8.03. The minimum absolute atomic E-state index is 0.0989. The molecule has 0 unspecified atom stereocenters. The minimum Gasteiger partial charge on any atom is -0.321 e. The third-order valence-corrected chi connectivity index (χ3v) is 6.20. The van der Waals surface area contributed by atoms with Gasteiger partial charge in [0.15, 0.2) is 0 Å². The van der Waals surface area contributed by atoms with Crippen LogP contribution in [0.15, 0.2) is 45.6 Å². The van der Waals surface area contributed by atoms with Crippen molar-refractivity contribution in [2.45, 2.75) is 31.1 Å². The monoisotopic (exact) mass is 377 g/mol. The zero-order chi connectivity index (χ0) is 17.9. The standard InChI is InChI=1S/C17H19N3O3S2/c1-2-12-8-10-24-16(12)17(21)19-13-5-3-6-14(11-13)25(22,23)20-15-7-4-9-18-15/h3,5-6,8,10-11H,2,4,7,9H2,1H3,(H,18,20)(H,19,21). The molecule has 0 saturated heterocycles. The van der Waals surface area contributed by atoms with E-state index in [9.17, 15) is 13.2 Å². The van der Waals surface area contributed by atoms with Gasteiger partial charge in [0.05, 0.1) is 9.77 Å². The van der Waals surface area contributed by atoms with Crippen LogP contribution in [0.2, 0.25) is 0 Å². The zero-order valence-corrected chi connectivity index (χ0v) is 15.4. The number of rotatable bonds is 5. The molecule has 0 atom stereocenters. The summed E-state index contributed by atoms with van der Waals surface area (Å²) in [6.07, 6.45) is 2.26. The lowest BCUT2D eigenvalue weighted by Gasteiger charge is -2.10. The summed E-state index contributed by atoms with van der Waals surface area (Å²) in [5.74, 6) is 0.259. The third-order valence-electron chi connectivity index (χ3n) is 3.86. The number of carbonyl (C=O) groups excluding carboxylic acids is 1. The summed E-state index contributed by atoms with van der Waals surface area (Å²) in [5.41, 5.74) is 1.42. The van der Waals surface area contributed by atoms with Gasteiger partial charge < -0.3 is 5.32 Å². The molecule has 6 nitrogen and oxygen atoms in total. The second-order valence-corrected chi connectivity index (χ2v) is 8.25. The Hall–Kier alpha value is -2.19. The molecule has 0 bridgehead atoms. The first-order chi connectivity index (χ1) is 12.0. The fourth-order valence-electron chi connectivity index (χ4n) is 2.58. The maximum Gasteiger partial charge on any atom is 0.266 e. The SMILES string of the molecule is CCc1ccsc1C(=O)Nc1cccc(S(=O)(=O)NC2=NCCC2)c1. The normalized spacial score (nSPS) is 14.2. The number of thiophene rings is 1. The zero-order valence-electron chi connectivity index (χ0n) is 13.8. The van der Waals surface area contributed by atoms with Crippen molar-refractivity contribution in [1.82, 2.24) is 4.72 Å². The highest BCUT2D eigenvalue weighted by atomic mass is 32.2. The topological polar surface area (TPSA) is 87.6 Å². The molecule has 1 aromatic heterocycles. The Morgan fingerprint density at radius 2 is 2.16 bits per heavy atom. The molecular weight excluding hydrogens is 358 g/mol. The number of amidine groups is 1. The summed E-state index contributed by atoms with van der Waals surface area (Å²) in [5, 5.41) is 4.65. The van der Waals surface area contributed by atoms with Gasteiger partial charge in [-0.1, -0.05) is 13.0 Å². The van der Waals surface area contributed by atoms with Crippen molar-refractivity contribution >= 4 is 38.8 Å². The Labute approximate surface area is 151 Å². The van der Waals surface area contributed by atoms with E-state index in [-0.39, 0.29) is 10.8 Å². The maximum atomic E-state index is 12.5. The van der Waals surface area contributed by atoms with Crippen LogP contribution in [0.3, 0.4) is 0 Å². The molecule has 2 heterocycles. The number of aryl methyl sites for hydroxylation is 1. The van der Waals surface area contributed by atoms with Crippen molar-refractivity contribution in [2.75, 3.05) is 11.9 Å². The summed E-state index contributed by atoms with van der Waals surface area (Å²) in [4.78, 5) is 17.3. The number of benzene rings is 1. The summed E-state index contributed by atoms with van der Waals surface area (Å²) in [6, 6.07) is 8.15. The molecule has 1 aliphatic rings. The van der Waals surface area contributed by atoms with Gasteiger partial charge in [-0.2, -0.15) is 0 Å². The van der Waals surface area contributed by atoms with Gasteiger partial charge in [0, 0.05) is 18.7 Å². The number of sulfonamides is 1. The van der Waals surface area contributed by atoms with Crippen molar-refractivity contribution in [2.24, 2.45) is 4.99 Å². The minimum atomic E-state index is -3.70. The van der Waals surface area contributed by atoms with E-state index in [1.807, 2.05) is 18.4 Å². The van der Waals surface area contributed by atoms with E-state index < -0.39 is 10.0 Å². The Kier molecular flexibility index (Phi) is 5.19. The van der Waals surface area contributed by atoms with E-state index in [0.29, 0.717) is 29.4 Å². The van der Waals surface area contributed by atoms with Gasteiger partial charge in [-0.05, 0) is 48.1 Å². The number of nitrogens with one attached hydrogen (secondary N) is 2. The highest BCUT2D eigenvalue weighted by Crippen LogP contribution is 2.21. The van der Waals surface area contributed by atoms with Crippen LogP contribution in [0, 0.1) is 0 Å². The van der Waals surface area contributed by atoms with Crippen molar-refractivity contribution < 1.29 is 13.2 Å². The van der Waals surface area contributed by atoms with Crippen LogP contribution in [0.4, 0.5) is 5.69 Å². The molecule has 0 aliphatic carbocycles. The smallest absolute Gasteiger partial charge is 0.266 e. The van der Waals surface area contributed by atoms with Crippen molar-refractivity contribution in [3.8, 4) is 0 Å². The van der Waals surface area contributed by atoms with Crippen LogP contribution in [-0.2, 0) is 16.4 Å². The second kappa shape index (κ2) is 7.37. The summed E-state index contributed by atoms with van der Waals surface area (Å²) < 4.78 is 27.4. The number of hydrogen-bond donors (Lipinski definition) is 2. The van der Waals surface area contributed by atoms with Gasteiger partial charge in [0.2, 0.25) is 0 Å². The Morgan fingerprint density at radius 1 is 1.32 bits per heavy atom. The van der Waals surface area contributed by atoms with Gasteiger partial charge in [-0.3, -0.25) is 14.5 Å². The van der Waals surface area contributed by atoms with Gasteiger partial charge in [-0.15, -0.1) is 11.3 Å². The van der Waals surface area contributed by atoms with E-state index in [1.54, 1.807) is 12.1 Å². The van der Waals surface area contributed by atoms with Crippen LogP contribution in [0.5, 0.6) is 0 Å². The molecule has 132 valence electrons. The van der Waals surface area contributed by atoms with E-state index in [4.69, 9.17) is 0 Å². The molecule has 0 fully saturated rings. The quantitative estimate of drug-likeness (QED) is 0.839.